The molecule has 1 aliphatic rings. The van der Waals surface area contributed by atoms with Crippen LogP contribution in [0.25, 0.3) is 0 Å². The molecule has 1 atom stereocenters. The first kappa shape index (κ1) is 13.2. The summed E-state index contributed by atoms with van der Waals surface area (Å²) in [5, 5.41) is 3.39. The summed E-state index contributed by atoms with van der Waals surface area (Å²) in [4.78, 5) is 6.98. The standard InChI is InChI=1S/C16H22N4/c1-14(13-19-10-5-6-11-19)20-12-9-17-16(20)18-15-7-3-2-4-8-15/h2-4,7-9,12,14H,5-6,10-11,13H2,1H3,(H,17,18). The van der Waals surface area contributed by atoms with Crippen LogP contribution in [0, 0.1) is 0 Å². The SMILES string of the molecule is CC(CN1CCCC1)n1ccnc1Nc1ccccc1. The molecule has 0 radical (unpaired) electrons. The molecule has 3 rings (SSSR count). The van der Waals surface area contributed by atoms with Crippen LogP contribution in [0.5, 0.6) is 0 Å². The van der Waals surface area contributed by atoms with E-state index in [-0.39, 0.29) is 0 Å². The maximum atomic E-state index is 4.44. The van der Waals surface area contributed by atoms with Crippen molar-refractivity contribution in [1.29, 1.82) is 0 Å². The minimum atomic E-state index is 0.432. The third-order valence-electron chi connectivity index (χ3n) is 3.89. The Morgan fingerprint density at radius 2 is 1.95 bits per heavy atom. The monoisotopic (exact) mass is 270 g/mol. The number of hydrogen-bond acceptors (Lipinski definition) is 3. The molecule has 0 spiro atoms. The largest absolute Gasteiger partial charge is 0.326 e. The summed E-state index contributed by atoms with van der Waals surface area (Å²) in [6, 6.07) is 10.6. The third kappa shape index (κ3) is 3.02. The lowest BCUT2D eigenvalue weighted by Gasteiger charge is -2.23. The van der Waals surface area contributed by atoms with Crippen LogP contribution in [0.1, 0.15) is 25.8 Å². The summed E-state index contributed by atoms with van der Waals surface area (Å²) < 4.78 is 2.23. The molecule has 1 fully saturated rings. The van der Waals surface area contributed by atoms with Gasteiger partial charge in [0, 0.05) is 30.7 Å². The van der Waals surface area contributed by atoms with Gasteiger partial charge < -0.3 is 14.8 Å². The second kappa shape index (κ2) is 6.09. The van der Waals surface area contributed by atoms with Crippen molar-refractivity contribution in [3.05, 3.63) is 42.7 Å². The van der Waals surface area contributed by atoms with Gasteiger partial charge in [0.25, 0.3) is 0 Å². The van der Waals surface area contributed by atoms with Crippen molar-refractivity contribution in [2.45, 2.75) is 25.8 Å². The Bertz CT molecular complexity index is 528. The Labute approximate surface area is 120 Å². The number of likely N-dealkylation sites (tertiary alicyclic amines) is 1. The molecule has 20 heavy (non-hydrogen) atoms. The second-order valence-electron chi connectivity index (χ2n) is 5.51. The van der Waals surface area contributed by atoms with E-state index in [2.05, 4.69) is 45.0 Å². The number of nitrogens with zero attached hydrogens (tertiary/aromatic N) is 3. The highest BCUT2D eigenvalue weighted by Gasteiger charge is 2.17. The minimum Gasteiger partial charge on any atom is -0.326 e. The van der Waals surface area contributed by atoms with E-state index in [9.17, 15) is 0 Å². The molecule has 1 aromatic carbocycles. The molecule has 0 bridgehead atoms. The Balaban J connectivity index is 1.69. The zero-order chi connectivity index (χ0) is 13.8. The van der Waals surface area contributed by atoms with Crippen molar-refractivity contribution < 1.29 is 0 Å². The van der Waals surface area contributed by atoms with Crippen molar-refractivity contribution in [2.75, 3.05) is 25.0 Å². The van der Waals surface area contributed by atoms with Crippen LogP contribution >= 0.6 is 0 Å². The van der Waals surface area contributed by atoms with E-state index in [4.69, 9.17) is 0 Å². The van der Waals surface area contributed by atoms with E-state index in [1.54, 1.807) is 0 Å². The Hall–Kier alpha value is -1.81. The van der Waals surface area contributed by atoms with E-state index in [0.717, 1.165) is 18.2 Å². The number of anilines is 2. The van der Waals surface area contributed by atoms with Crippen LogP contribution in [0.2, 0.25) is 0 Å². The maximum Gasteiger partial charge on any atom is 0.207 e. The number of nitrogens with one attached hydrogen (secondary N) is 1. The lowest BCUT2D eigenvalue weighted by molar-refractivity contribution is 0.289. The van der Waals surface area contributed by atoms with Crippen LogP contribution in [0.4, 0.5) is 11.6 Å². The highest BCUT2D eigenvalue weighted by atomic mass is 15.2. The van der Waals surface area contributed by atoms with Gasteiger partial charge >= 0.3 is 0 Å². The molecular weight excluding hydrogens is 248 g/mol. The zero-order valence-corrected chi connectivity index (χ0v) is 12.0. The maximum absolute atomic E-state index is 4.44. The highest BCUT2D eigenvalue weighted by molar-refractivity contribution is 5.53. The van der Waals surface area contributed by atoms with Gasteiger partial charge in [-0.2, -0.15) is 0 Å². The van der Waals surface area contributed by atoms with Gasteiger partial charge in [-0.25, -0.2) is 4.98 Å². The topological polar surface area (TPSA) is 33.1 Å². The van der Waals surface area contributed by atoms with Crippen LogP contribution < -0.4 is 5.32 Å². The van der Waals surface area contributed by atoms with Crippen LogP contribution in [0.3, 0.4) is 0 Å². The number of aromatic nitrogens is 2. The molecule has 4 heteroatoms. The number of para-hydroxylation sites is 1. The average molecular weight is 270 g/mol. The number of hydrogen-bond donors (Lipinski definition) is 1. The molecule has 2 heterocycles. The van der Waals surface area contributed by atoms with Crippen molar-refractivity contribution in [3.8, 4) is 0 Å². The van der Waals surface area contributed by atoms with E-state index >= 15 is 0 Å². The number of imidazole rings is 1. The Morgan fingerprint density at radius 3 is 2.70 bits per heavy atom. The fourth-order valence-electron chi connectivity index (χ4n) is 2.84. The molecule has 2 aromatic rings. The molecule has 1 N–H and O–H groups in total. The number of benzene rings is 1. The summed E-state index contributed by atoms with van der Waals surface area (Å²) >= 11 is 0. The lowest BCUT2D eigenvalue weighted by atomic mass is 10.3. The molecule has 1 aromatic heterocycles. The molecule has 4 nitrogen and oxygen atoms in total. The quantitative estimate of drug-likeness (QED) is 0.905. The molecule has 0 amide bonds. The second-order valence-corrected chi connectivity index (χ2v) is 5.51. The molecule has 0 aliphatic carbocycles. The first-order chi connectivity index (χ1) is 9.83. The number of rotatable bonds is 5. The summed E-state index contributed by atoms with van der Waals surface area (Å²) in [5.74, 6) is 0.919. The van der Waals surface area contributed by atoms with Crippen LogP contribution in [-0.4, -0.2) is 34.1 Å². The molecule has 0 saturated carbocycles. The van der Waals surface area contributed by atoms with Gasteiger partial charge in [-0.05, 0) is 45.0 Å². The first-order valence-electron chi connectivity index (χ1n) is 7.40. The smallest absolute Gasteiger partial charge is 0.207 e. The predicted molar refractivity (Wildman–Crippen MR) is 82.3 cm³/mol. The van der Waals surface area contributed by atoms with Crippen molar-refractivity contribution in [1.82, 2.24) is 14.5 Å². The van der Waals surface area contributed by atoms with Gasteiger partial charge in [0.1, 0.15) is 0 Å². The van der Waals surface area contributed by atoms with Gasteiger partial charge in [0.05, 0.1) is 0 Å². The Kier molecular flexibility index (Phi) is 4.02. The summed E-state index contributed by atoms with van der Waals surface area (Å²) in [6.07, 6.45) is 6.61. The van der Waals surface area contributed by atoms with E-state index in [0.29, 0.717) is 6.04 Å². The predicted octanol–water partition coefficient (Wildman–Crippen LogP) is 3.28. The van der Waals surface area contributed by atoms with E-state index in [1.165, 1.54) is 25.9 Å². The van der Waals surface area contributed by atoms with E-state index < -0.39 is 0 Å². The molecule has 1 unspecified atom stereocenters. The van der Waals surface area contributed by atoms with Crippen molar-refractivity contribution in [2.24, 2.45) is 0 Å². The normalized spacial score (nSPS) is 17.2. The van der Waals surface area contributed by atoms with Gasteiger partial charge in [0.2, 0.25) is 5.95 Å². The zero-order valence-electron chi connectivity index (χ0n) is 12.0. The highest BCUT2D eigenvalue weighted by Crippen LogP contribution is 2.20. The van der Waals surface area contributed by atoms with Gasteiger partial charge in [-0.1, -0.05) is 18.2 Å². The van der Waals surface area contributed by atoms with Crippen LogP contribution in [-0.2, 0) is 0 Å². The fraction of sp³-hybridized carbons (Fsp3) is 0.438. The first-order valence-corrected chi connectivity index (χ1v) is 7.40. The summed E-state index contributed by atoms with van der Waals surface area (Å²) in [7, 11) is 0. The third-order valence-corrected chi connectivity index (χ3v) is 3.89. The van der Waals surface area contributed by atoms with Crippen molar-refractivity contribution in [3.63, 3.8) is 0 Å². The van der Waals surface area contributed by atoms with Crippen LogP contribution in [0.15, 0.2) is 42.7 Å². The lowest BCUT2D eigenvalue weighted by Crippen LogP contribution is -2.27. The van der Waals surface area contributed by atoms with Crippen molar-refractivity contribution >= 4 is 11.6 Å². The van der Waals surface area contributed by atoms with Gasteiger partial charge in [-0.15, -0.1) is 0 Å². The minimum absolute atomic E-state index is 0.432. The Morgan fingerprint density at radius 1 is 1.20 bits per heavy atom. The summed E-state index contributed by atoms with van der Waals surface area (Å²) in [6.45, 7) is 5.83. The fourth-order valence-corrected chi connectivity index (χ4v) is 2.84. The molecule has 1 saturated heterocycles. The molecule has 106 valence electrons. The summed E-state index contributed by atoms with van der Waals surface area (Å²) in [5.41, 5.74) is 1.08. The van der Waals surface area contributed by atoms with Gasteiger partial charge in [0.15, 0.2) is 0 Å². The average Bonchev–Trinajstić information content (AvgIpc) is 3.11. The van der Waals surface area contributed by atoms with E-state index in [1.807, 2.05) is 24.4 Å². The van der Waals surface area contributed by atoms with Gasteiger partial charge in [-0.3, -0.25) is 0 Å². The molecule has 1 aliphatic heterocycles. The molecular formula is C16H22N4.